The summed E-state index contributed by atoms with van der Waals surface area (Å²) in [5.74, 6) is 0.829. The van der Waals surface area contributed by atoms with E-state index in [4.69, 9.17) is 9.47 Å². The molecule has 0 bridgehead atoms. The quantitative estimate of drug-likeness (QED) is 0.401. The van der Waals surface area contributed by atoms with Crippen molar-refractivity contribution in [3.63, 3.8) is 0 Å². The Labute approximate surface area is 158 Å². The third kappa shape index (κ3) is 6.18. The topological polar surface area (TPSA) is 58.1 Å². The van der Waals surface area contributed by atoms with Crippen LogP contribution in [0.25, 0.3) is 0 Å². The van der Waals surface area contributed by atoms with E-state index in [1.165, 1.54) is 5.69 Å². The number of para-hydroxylation sites is 1. The first-order valence-electron chi connectivity index (χ1n) is 9.60. The van der Waals surface area contributed by atoms with Gasteiger partial charge in [0.05, 0.1) is 5.60 Å². The maximum atomic E-state index is 5.76. The second-order valence-electron chi connectivity index (χ2n) is 6.62. The molecule has 0 atom stereocenters. The largest absolute Gasteiger partial charge is 0.381 e. The van der Waals surface area contributed by atoms with Crippen LogP contribution in [-0.4, -0.2) is 65.1 Å². The zero-order valence-electron chi connectivity index (χ0n) is 16.5. The Morgan fingerprint density at radius 1 is 1.23 bits per heavy atom. The summed E-state index contributed by atoms with van der Waals surface area (Å²) in [5, 5.41) is 6.82. The van der Waals surface area contributed by atoms with Gasteiger partial charge in [-0.05, 0) is 25.5 Å². The summed E-state index contributed by atoms with van der Waals surface area (Å²) < 4.78 is 11.2. The molecule has 1 aromatic carbocycles. The van der Waals surface area contributed by atoms with Crippen LogP contribution in [0.15, 0.2) is 35.3 Å². The van der Waals surface area contributed by atoms with Gasteiger partial charge in [0.1, 0.15) is 0 Å². The Morgan fingerprint density at radius 3 is 2.58 bits per heavy atom. The van der Waals surface area contributed by atoms with Crippen molar-refractivity contribution in [1.29, 1.82) is 0 Å². The Kier molecular flexibility index (Phi) is 8.71. The number of ether oxygens (including phenoxy) is 2. The lowest BCUT2D eigenvalue weighted by atomic mass is 9.94. The second kappa shape index (κ2) is 11.0. The lowest BCUT2D eigenvalue weighted by Crippen LogP contribution is -2.51. The normalized spacial score (nSPS) is 17.0. The molecule has 146 valence electrons. The second-order valence-corrected chi connectivity index (χ2v) is 6.62. The molecule has 0 aromatic heterocycles. The molecule has 0 spiro atoms. The average molecular weight is 363 g/mol. The molecule has 2 N–H and O–H groups in total. The lowest BCUT2D eigenvalue weighted by molar-refractivity contribution is -0.0855. The summed E-state index contributed by atoms with van der Waals surface area (Å²) in [6, 6.07) is 10.6. The summed E-state index contributed by atoms with van der Waals surface area (Å²) in [6.07, 6.45) is 2.87. The van der Waals surface area contributed by atoms with Crippen molar-refractivity contribution in [3.8, 4) is 0 Å². The van der Waals surface area contributed by atoms with Crippen LogP contribution >= 0.6 is 0 Å². The van der Waals surface area contributed by atoms with E-state index in [-0.39, 0.29) is 5.60 Å². The summed E-state index contributed by atoms with van der Waals surface area (Å²) in [4.78, 5) is 6.72. The molecular formula is C20H34N4O2. The molecule has 0 amide bonds. The van der Waals surface area contributed by atoms with E-state index in [0.717, 1.165) is 64.6 Å². The van der Waals surface area contributed by atoms with Gasteiger partial charge in [0.25, 0.3) is 0 Å². The third-order valence-electron chi connectivity index (χ3n) is 5.04. The lowest BCUT2D eigenvalue weighted by Gasteiger charge is -2.36. The maximum Gasteiger partial charge on any atom is 0.191 e. The van der Waals surface area contributed by atoms with Crippen molar-refractivity contribution in [2.24, 2.45) is 4.99 Å². The highest BCUT2D eigenvalue weighted by Gasteiger charge is 2.32. The minimum Gasteiger partial charge on any atom is -0.381 e. The molecule has 0 radical (unpaired) electrons. The Balaban J connectivity index is 1.71. The molecule has 0 aliphatic carbocycles. The number of benzene rings is 1. The number of aliphatic imine (C=N–C) groups is 1. The Bertz CT molecular complexity index is 530. The van der Waals surface area contributed by atoms with Crippen molar-refractivity contribution in [3.05, 3.63) is 30.3 Å². The molecule has 1 heterocycles. The maximum absolute atomic E-state index is 5.76. The van der Waals surface area contributed by atoms with Crippen LogP contribution in [0.1, 0.15) is 26.2 Å². The summed E-state index contributed by atoms with van der Waals surface area (Å²) in [5.41, 5.74) is 1.13. The van der Waals surface area contributed by atoms with Gasteiger partial charge in [-0.1, -0.05) is 18.2 Å². The first-order valence-corrected chi connectivity index (χ1v) is 9.60. The van der Waals surface area contributed by atoms with Gasteiger partial charge in [-0.15, -0.1) is 0 Å². The predicted molar refractivity (Wildman–Crippen MR) is 108 cm³/mol. The molecule has 1 aromatic rings. The first kappa shape index (κ1) is 20.5. The average Bonchev–Trinajstić information content (AvgIpc) is 2.71. The van der Waals surface area contributed by atoms with Gasteiger partial charge in [0, 0.05) is 72.1 Å². The number of nitrogens with one attached hydrogen (secondary N) is 2. The minimum absolute atomic E-state index is 0.151. The fourth-order valence-electron chi connectivity index (χ4n) is 3.25. The van der Waals surface area contributed by atoms with Crippen molar-refractivity contribution in [2.45, 2.75) is 31.8 Å². The molecule has 1 aliphatic heterocycles. The molecular weight excluding hydrogens is 328 g/mol. The molecule has 0 unspecified atom stereocenters. The van der Waals surface area contributed by atoms with E-state index < -0.39 is 0 Å². The van der Waals surface area contributed by atoms with E-state index in [0.29, 0.717) is 0 Å². The van der Waals surface area contributed by atoms with Crippen LogP contribution in [0.2, 0.25) is 0 Å². The summed E-state index contributed by atoms with van der Waals surface area (Å²) >= 11 is 0. The van der Waals surface area contributed by atoms with Crippen LogP contribution < -0.4 is 15.5 Å². The van der Waals surface area contributed by atoms with Crippen LogP contribution in [0, 0.1) is 0 Å². The molecule has 2 rings (SSSR count). The van der Waals surface area contributed by atoms with Gasteiger partial charge >= 0.3 is 0 Å². The van der Waals surface area contributed by atoms with E-state index in [2.05, 4.69) is 57.8 Å². The van der Waals surface area contributed by atoms with Gasteiger partial charge < -0.3 is 25.0 Å². The zero-order valence-corrected chi connectivity index (χ0v) is 16.5. The third-order valence-corrected chi connectivity index (χ3v) is 5.04. The van der Waals surface area contributed by atoms with Crippen LogP contribution in [0.4, 0.5) is 5.69 Å². The number of nitrogens with zero attached hydrogens (tertiary/aromatic N) is 2. The van der Waals surface area contributed by atoms with E-state index in [1.54, 1.807) is 14.2 Å². The van der Waals surface area contributed by atoms with Crippen LogP contribution in [0.3, 0.4) is 0 Å². The monoisotopic (exact) mass is 362 g/mol. The number of rotatable bonds is 9. The van der Waals surface area contributed by atoms with Crippen molar-refractivity contribution in [1.82, 2.24) is 10.6 Å². The zero-order chi connectivity index (χ0) is 18.7. The number of guanidine groups is 1. The van der Waals surface area contributed by atoms with Crippen LogP contribution in [0.5, 0.6) is 0 Å². The van der Waals surface area contributed by atoms with Crippen molar-refractivity contribution in [2.75, 3.05) is 58.5 Å². The summed E-state index contributed by atoms with van der Waals surface area (Å²) in [6.45, 7) is 7.36. The SMILES string of the molecule is CCN(CCCNC(=NC)NCC1(OC)CCOCC1)c1ccccc1. The smallest absolute Gasteiger partial charge is 0.191 e. The Morgan fingerprint density at radius 2 is 1.96 bits per heavy atom. The van der Waals surface area contributed by atoms with Crippen molar-refractivity contribution < 1.29 is 9.47 Å². The van der Waals surface area contributed by atoms with E-state index in [1.807, 2.05) is 0 Å². The highest BCUT2D eigenvalue weighted by molar-refractivity contribution is 5.79. The number of methoxy groups -OCH3 is 1. The van der Waals surface area contributed by atoms with E-state index >= 15 is 0 Å². The molecule has 6 heteroatoms. The fourth-order valence-corrected chi connectivity index (χ4v) is 3.25. The van der Waals surface area contributed by atoms with Gasteiger partial charge in [0.15, 0.2) is 5.96 Å². The molecule has 26 heavy (non-hydrogen) atoms. The number of hydrogen-bond acceptors (Lipinski definition) is 4. The van der Waals surface area contributed by atoms with Gasteiger partial charge in [-0.3, -0.25) is 4.99 Å². The predicted octanol–water partition coefficient (Wildman–Crippen LogP) is 2.26. The van der Waals surface area contributed by atoms with Gasteiger partial charge in [-0.25, -0.2) is 0 Å². The first-order chi connectivity index (χ1) is 12.7. The van der Waals surface area contributed by atoms with E-state index in [9.17, 15) is 0 Å². The molecule has 6 nitrogen and oxygen atoms in total. The molecule has 1 saturated heterocycles. The molecule has 1 fully saturated rings. The number of hydrogen-bond donors (Lipinski definition) is 2. The highest BCUT2D eigenvalue weighted by atomic mass is 16.5. The van der Waals surface area contributed by atoms with Gasteiger partial charge in [-0.2, -0.15) is 0 Å². The summed E-state index contributed by atoms with van der Waals surface area (Å²) in [7, 11) is 3.59. The number of anilines is 1. The minimum atomic E-state index is -0.151. The standard InChI is InChI=1S/C20H34N4O2/c1-4-24(18-9-6-5-7-10-18)14-8-13-22-19(21-2)23-17-20(25-3)11-15-26-16-12-20/h5-7,9-10H,4,8,11-17H2,1-3H3,(H2,21,22,23). The van der Waals surface area contributed by atoms with Crippen molar-refractivity contribution >= 4 is 11.6 Å². The molecule has 1 aliphatic rings. The fraction of sp³-hybridized carbons (Fsp3) is 0.650. The Hall–Kier alpha value is -1.79. The van der Waals surface area contributed by atoms with Gasteiger partial charge in [0.2, 0.25) is 0 Å². The highest BCUT2D eigenvalue weighted by Crippen LogP contribution is 2.23. The molecule has 0 saturated carbocycles. The van der Waals surface area contributed by atoms with Crippen LogP contribution in [-0.2, 0) is 9.47 Å².